The number of unbranched alkanes of at least 4 members (excludes halogenated alkanes) is 4. The minimum atomic E-state index is -0.176. The Hall–Kier alpha value is -1.58. The van der Waals surface area contributed by atoms with Gasteiger partial charge in [-0.15, -0.1) is 0 Å². The van der Waals surface area contributed by atoms with Crippen molar-refractivity contribution in [2.24, 2.45) is 0 Å². The molecule has 0 saturated carbocycles. The van der Waals surface area contributed by atoms with Gasteiger partial charge in [0, 0.05) is 13.0 Å². The molecule has 1 fully saturated rings. The second-order valence-electron chi connectivity index (χ2n) is 7.54. The summed E-state index contributed by atoms with van der Waals surface area (Å²) in [6.07, 6.45) is 7.82. The third kappa shape index (κ3) is 8.61. The van der Waals surface area contributed by atoms with Crippen LogP contribution in [0.1, 0.15) is 64.4 Å². The van der Waals surface area contributed by atoms with Crippen LogP contribution in [0.2, 0.25) is 0 Å². The molecule has 1 saturated heterocycles. The van der Waals surface area contributed by atoms with Crippen LogP contribution in [-0.4, -0.2) is 48.0 Å². The Labute approximate surface area is 214 Å². The van der Waals surface area contributed by atoms with Gasteiger partial charge in [0.1, 0.15) is 4.32 Å². The van der Waals surface area contributed by atoms with Gasteiger partial charge in [-0.25, -0.2) is 0 Å². The molecule has 2 rings (SSSR count). The number of carbonyl (C=O) groups is 2. The minimum Gasteiger partial charge on any atom is -0.493 e. The molecule has 0 aliphatic carbocycles. The topological polar surface area (TPSA) is 65.1 Å². The maximum absolute atomic E-state index is 12.9. The fourth-order valence-corrected chi connectivity index (χ4v) is 5.17. The maximum atomic E-state index is 12.9. The maximum Gasteiger partial charge on any atom is 0.305 e. The lowest BCUT2D eigenvalue weighted by molar-refractivity contribution is -0.143. The van der Waals surface area contributed by atoms with Gasteiger partial charge in [-0.3, -0.25) is 14.5 Å². The van der Waals surface area contributed by atoms with Gasteiger partial charge in [-0.2, -0.15) is 0 Å². The molecule has 33 heavy (non-hydrogen) atoms. The fraction of sp³-hybridized carbons (Fsp3) is 0.542. The number of hydrogen-bond acceptors (Lipinski definition) is 7. The van der Waals surface area contributed by atoms with Crippen LogP contribution in [0.25, 0.3) is 6.08 Å². The normalized spacial score (nSPS) is 14.8. The van der Waals surface area contributed by atoms with Gasteiger partial charge in [-0.1, -0.05) is 50.2 Å². The zero-order valence-electron chi connectivity index (χ0n) is 19.5. The van der Waals surface area contributed by atoms with Gasteiger partial charge < -0.3 is 14.2 Å². The van der Waals surface area contributed by atoms with E-state index < -0.39 is 0 Å². The standard InChI is InChI=1S/C24H32BrNO5S2/c1-4-6-10-13-31-22-18(25)14-17(15-19(22)29-3)16-20-23(28)26(24(32)33-20)12-9-7-8-11-21(27)30-5-2/h14-16H,4-13H2,1-3H3/b20-16-. The highest BCUT2D eigenvalue weighted by Gasteiger charge is 2.31. The summed E-state index contributed by atoms with van der Waals surface area (Å²) in [7, 11) is 1.60. The lowest BCUT2D eigenvalue weighted by atomic mass is 10.1. The van der Waals surface area contributed by atoms with Crippen LogP contribution >= 0.6 is 39.9 Å². The van der Waals surface area contributed by atoms with E-state index in [1.54, 1.807) is 18.9 Å². The van der Waals surface area contributed by atoms with Crippen LogP contribution in [-0.2, 0) is 14.3 Å². The molecule has 0 aromatic heterocycles. The summed E-state index contributed by atoms with van der Waals surface area (Å²) in [5, 5.41) is 0. The van der Waals surface area contributed by atoms with Crippen molar-refractivity contribution in [1.82, 2.24) is 4.90 Å². The number of carbonyl (C=O) groups excluding carboxylic acids is 2. The molecule has 1 aromatic carbocycles. The lowest BCUT2D eigenvalue weighted by Gasteiger charge is -2.14. The van der Waals surface area contributed by atoms with Crippen molar-refractivity contribution in [3.63, 3.8) is 0 Å². The van der Waals surface area contributed by atoms with Crippen LogP contribution in [0.15, 0.2) is 21.5 Å². The smallest absolute Gasteiger partial charge is 0.305 e. The van der Waals surface area contributed by atoms with E-state index in [-0.39, 0.29) is 11.9 Å². The summed E-state index contributed by atoms with van der Waals surface area (Å²) in [5.41, 5.74) is 0.828. The molecule has 0 unspecified atom stereocenters. The second kappa shape index (κ2) is 14.6. The number of methoxy groups -OCH3 is 1. The van der Waals surface area contributed by atoms with Crippen molar-refractivity contribution in [2.45, 2.75) is 58.8 Å². The number of benzene rings is 1. The van der Waals surface area contributed by atoms with Crippen LogP contribution in [0.3, 0.4) is 0 Å². The zero-order valence-corrected chi connectivity index (χ0v) is 22.7. The molecule has 0 N–H and O–H groups in total. The van der Waals surface area contributed by atoms with Crippen molar-refractivity contribution < 1.29 is 23.8 Å². The first-order valence-electron chi connectivity index (χ1n) is 11.3. The Morgan fingerprint density at radius 1 is 1.18 bits per heavy atom. The number of amides is 1. The summed E-state index contributed by atoms with van der Waals surface area (Å²) in [6, 6.07) is 3.78. The quantitative estimate of drug-likeness (QED) is 0.114. The van der Waals surface area contributed by atoms with Crippen molar-refractivity contribution in [3.8, 4) is 11.5 Å². The average Bonchev–Trinajstić information content (AvgIpc) is 3.04. The highest BCUT2D eigenvalue weighted by Crippen LogP contribution is 2.39. The Balaban J connectivity index is 1.98. The minimum absolute atomic E-state index is 0.0922. The van der Waals surface area contributed by atoms with Gasteiger partial charge in [-0.05, 0) is 65.9 Å². The molecule has 1 aromatic rings. The van der Waals surface area contributed by atoms with Crippen LogP contribution in [0.4, 0.5) is 0 Å². The van der Waals surface area contributed by atoms with E-state index in [2.05, 4.69) is 22.9 Å². The highest BCUT2D eigenvalue weighted by atomic mass is 79.9. The number of thioether (sulfide) groups is 1. The number of thiocarbonyl (C=S) groups is 1. The van der Waals surface area contributed by atoms with Gasteiger partial charge in [0.15, 0.2) is 11.5 Å². The van der Waals surface area contributed by atoms with Gasteiger partial charge in [0.25, 0.3) is 5.91 Å². The monoisotopic (exact) mass is 557 g/mol. The van der Waals surface area contributed by atoms with Crippen molar-refractivity contribution in [2.75, 3.05) is 26.9 Å². The summed E-state index contributed by atoms with van der Waals surface area (Å²) >= 11 is 10.3. The summed E-state index contributed by atoms with van der Waals surface area (Å²) in [6.45, 7) is 5.52. The van der Waals surface area contributed by atoms with Gasteiger partial charge in [0.2, 0.25) is 0 Å². The number of hydrogen-bond donors (Lipinski definition) is 0. The Bertz CT molecular complexity index is 875. The van der Waals surface area contributed by atoms with Crippen molar-refractivity contribution in [1.29, 1.82) is 0 Å². The van der Waals surface area contributed by atoms with E-state index >= 15 is 0 Å². The average molecular weight is 559 g/mol. The highest BCUT2D eigenvalue weighted by molar-refractivity contribution is 9.10. The fourth-order valence-electron chi connectivity index (χ4n) is 3.28. The Morgan fingerprint density at radius 2 is 1.97 bits per heavy atom. The molecule has 1 aliphatic heterocycles. The third-order valence-corrected chi connectivity index (χ3v) is 6.95. The molecule has 0 bridgehead atoms. The van der Waals surface area contributed by atoms with E-state index in [1.807, 2.05) is 18.2 Å². The number of nitrogens with zero attached hydrogens (tertiary/aromatic N) is 1. The van der Waals surface area contributed by atoms with Crippen LogP contribution in [0, 0.1) is 0 Å². The van der Waals surface area contributed by atoms with Gasteiger partial charge >= 0.3 is 5.97 Å². The van der Waals surface area contributed by atoms with Gasteiger partial charge in [0.05, 0.1) is 29.7 Å². The molecule has 0 atom stereocenters. The number of ether oxygens (including phenoxy) is 3. The van der Waals surface area contributed by atoms with E-state index in [1.165, 1.54) is 11.8 Å². The van der Waals surface area contributed by atoms with E-state index in [4.69, 9.17) is 26.4 Å². The van der Waals surface area contributed by atoms with E-state index in [9.17, 15) is 9.59 Å². The van der Waals surface area contributed by atoms with Crippen molar-refractivity contribution >= 4 is 62.2 Å². The molecular weight excluding hydrogens is 526 g/mol. The molecule has 0 spiro atoms. The number of rotatable bonds is 14. The Morgan fingerprint density at radius 3 is 2.67 bits per heavy atom. The second-order valence-corrected chi connectivity index (χ2v) is 10.1. The first kappa shape index (κ1) is 27.7. The summed E-state index contributed by atoms with van der Waals surface area (Å²) < 4.78 is 17.7. The summed E-state index contributed by atoms with van der Waals surface area (Å²) in [5.74, 6) is 1.01. The first-order chi connectivity index (χ1) is 15.9. The molecular formula is C24H32BrNO5S2. The SMILES string of the molecule is CCCCCOc1c(Br)cc(/C=C2\SC(=S)N(CCCCCC(=O)OCC)C2=O)cc1OC. The number of halogens is 1. The predicted molar refractivity (Wildman–Crippen MR) is 141 cm³/mol. The molecule has 1 amide bonds. The Kier molecular flexibility index (Phi) is 12.3. The molecule has 182 valence electrons. The molecule has 1 aliphatic rings. The molecule has 9 heteroatoms. The van der Waals surface area contributed by atoms with Crippen molar-refractivity contribution in [3.05, 3.63) is 27.1 Å². The van der Waals surface area contributed by atoms with E-state index in [0.717, 1.165) is 48.6 Å². The first-order valence-corrected chi connectivity index (χ1v) is 13.3. The predicted octanol–water partition coefficient (Wildman–Crippen LogP) is 6.35. The lowest BCUT2D eigenvalue weighted by Crippen LogP contribution is -2.29. The molecule has 0 radical (unpaired) electrons. The zero-order chi connectivity index (χ0) is 24.2. The van der Waals surface area contributed by atoms with Crippen LogP contribution < -0.4 is 9.47 Å². The van der Waals surface area contributed by atoms with Crippen LogP contribution in [0.5, 0.6) is 11.5 Å². The third-order valence-electron chi connectivity index (χ3n) is 4.99. The molecule has 1 heterocycles. The number of esters is 1. The summed E-state index contributed by atoms with van der Waals surface area (Å²) in [4.78, 5) is 26.5. The molecule has 6 nitrogen and oxygen atoms in total. The van der Waals surface area contributed by atoms with E-state index in [0.29, 0.717) is 46.9 Å². The largest absolute Gasteiger partial charge is 0.493 e.